The fraction of sp³-hybridized carbons (Fsp3) is 0.150. The zero-order valence-corrected chi connectivity index (χ0v) is 16.3. The molecular weight excluding hydrogens is 388 g/mol. The van der Waals surface area contributed by atoms with E-state index in [-0.39, 0.29) is 0 Å². The van der Waals surface area contributed by atoms with Crippen molar-refractivity contribution in [2.75, 3.05) is 19.4 Å². The van der Waals surface area contributed by atoms with Crippen molar-refractivity contribution in [1.82, 2.24) is 15.2 Å². The summed E-state index contributed by atoms with van der Waals surface area (Å²) in [6, 6.07) is 16.0. The third kappa shape index (κ3) is 3.64. The first-order valence-electron chi connectivity index (χ1n) is 8.94. The fourth-order valence-corrected chi connectivity index (χ4v) is 3.72. The largest absolute Gasteiger partial charge is 0.497 e. The summed E-state index contributed by atoms with van der Waals surface area (Å²) in [7, 11) is 1.67. The normalized spacial score (nSPS) is 13.2. The summed E-state index contributed by atoms with van der Waals surface area (Å²) in [5, 5.41) is 21.4. The van der Waals surface area contributed by atoms with Crippen LogP contribution in [0.15, 0.2) is 73.5 Å². The Hall–Kier alpha value is -3.46. The van der Waals surface area contributed by atoms with E-state index >= 15 is 0 Å². The summed E-state index contributed by atoms with van der Waals surface area (Å²) in [6.45, 7) is 0.546. The van der Waals surface area contributed by atoms with E-state index < -0.39 is 0 Å². The summed E-state index contributed by atoms with van der Waals surface area (Å²) in [6.07, 6.45) is 0. The standard InChI is InChI=1S/C20H16N6O2S/c1-27-16-5-4-12-8-14(3-2-13(12)9-16)17-6-7-18(28-17)19-22-20(25-24-19)29-11-15-10-21-26-23-15/h2-9H,10-11H2,1H3,(H,22,24,25). The predicted octanol–water partition coefficient (Wildman–Crippen LogP) is 4.81. The summed E-state index contributed by atoms with van der Waals surface area (Å²) in [5.41, 5.74) is 1.91. The first-order chi connectivity index (χ1) is 14.3. The van der Waals surface area contributed by atoms with Gasteiger partial charge in [0.15, 0.2) is 11.6 Å². The number of nitrogens with zero attached hydrogens (tertiary/aromatic N) is 5. The van der Waals surface area contributed by atoms with Crippen molar-refractivity contribution in [3.63, 3.8) is 0 Å². The number of thioether (sulfide) groups is 1. The lowest BCUT2D eigenvalue weighted by molar-refractivity contribution is 0.415. The first-order valence-corrected chi connectivity index (χ1v) is 9.93. The highest BCUT2D eigenvalue weighted by molar-refractivity contribution is 7.99. The number of H-pyrrole nitrogens is 1. The molecule has 1 aliphatic heterocycles. The van der Waals surface area contributed by atoms with Crippen molar-refractivity contribution < 1.29 is 9.15 Å². The molecule has 0 saturated heterocycles. The van der Waals surface area contributed by atoms with E-state index in [4.69, 9.17) is 9.15 Å². The minimum absolute atomic E-state index is 0.546. The van der Waals surface area contributed by atoms with Gasteiger partial charge in [0.2, 0.25) is 5.16 Å². The van der Waals surface area contributed by atoms with E-state index in [9.17, 15) is 0 Å². The molecule has 0 fully saturated rings. The number of hydrogen-bond acceptors (Lipinski definition) is 8. The Morgan fingerprint density at radius 3 is 2.79 bits per heavy atom. The van der Waals surface area contributed by atoms with E-state index in [1.807, 2.05) is 36.4 Å². The van der Waals surface area contributed by atoms with Crippen LogP contribution in [0.4, 0.5) is 0 Å². The van der Waals surface area contributed by atoms with Gasteiger partial charge in [0.05, 0.1) is 12.8 Å². The van der Waals surface area contributed by atoms with Gasteiger partial charge in [-0.05, 0) is 46.3 Å². The van der Waals surface area contributed by atoms with Gasteiger partial charge in [-0.2, -0.15) is 10.1 Å². The van der Waals surface area contributed by atoms with E-state index in [1.165, 1.54) is 11.8 Å². The highest BCUT2D eigenvalue weighted by atomic mass is 32.2. The molecule has 2 aromatic heterocycles. The lowest BCUT2D eigenvalue weighted by Crippen LogP contribution is -2.02. The molecule has 0 atom stereocenters. The Morgan fingerprint density at radius 1 is 1.07 bits per heavy atom. The molecule has 0 spiro atoms. The maximum atomic E-state index is 6.02. The zero-order chi connectivity index (χ0) is 19.6. The lowest BCUT2D eigenvalue weighted by Gasteiger charge is -2.04. The van der Waals surface area contributed by atoms with Gasteiger partial charge in [-0.15, -0.1) is 10.2 Å². The van der Waals surface area contributed by atoms with Crippen molar-refractivity contribution in [3.05, 3.63) is 48.5 Å². The van der Waals surface area contributed by atoms with Crippen molar-refractivity contribution >= 4 is 28.2 Å². The number of ether oxygens (including phenoxy) is 1. The number of aromatic nitrogens is 3. The van der Waals surface area contributed by atoms with Gasteiger partial charge in [-0.25, -0.2) is 0 Å². The molecule has 5 rings (SSSR count). The maximum absolute atomic E-state index is 6.02. The molecule has 0 radical (unpaired) electrons. The van der Waals surface area contributed by atoms with Crippen LogP contribution in [-0.2, 0) is 0 Å². The number of furan rings is 1. The average molecular weight is 404 g/mol. The highest BCUT2D eigenvalue weighted by Crippen LogP contribution is 2.31. The second kappa shape index (κ2) is 7.51. The third-order valence-electron chi connectivity index (χ3n) is 4.51. The number of nitrogens with one attached hydrogen (secondary N) is 1. The summed E-state index contributed by atoms with van der Waals surface area (Å²) in [5.74, 6) is 3.50. The topological polar surface area (TPSA) is 101 Å². The van der Waals surface area contributed by atoms with E-state index in [0.717, 1.165) is 33.6 Å². The van der Waals surface area contributed by atoms with Crippen LogP contribution in [0.2, 0.25) is 0 Å². The number of fused-ring (bicyclic) bond motifs is 1. The molecule has 29 heavy (non-hydrogen) atoms. The van der Waals surface area contributed by atoms with Crippen LogP contribution in [-0.4, -0.2) is 40.3 Å². The molecule has 0 saturated carbocycles. The molecule has 3 heterocycles. The minimum atomic E-state index is 0.546. The Morgan fingerprint density at radius 2 is 1.93 bits per heavy atom. The Bertz CT molecular complexity index is 1240. The number of rotatable bonds is 6. The van der Waals surface area contributed by atoms with Crippen molar-refractivity contribution in [3.8, 4) is 28.7 Å². The molecular formula is C20H16N6O2S. The zero-order valence-electron chi connectivity index (χ0n) is 15.5. The van der Waals surface area contributed by atoms with Gasteiger partial charge in [0.25, 0.3) is 0 Å². The molecule has 4 aromatic rings. The molecule has 0 bridgehead atoms. The van der Waals surface area contributed by atoms with Gasteiger partial charge in [0, 0.05) is 11.3 Å². The number of benzene rings is 2. The molecule has 2 aromatic carbocycles. The molecule has 8 nitrogen and oxygen atoms in total. The molecule has 1 N–H and O–H groups in total. The van der Waals surface area contributed by atoms with Gasteiger partial charge < -0.3 is 9.15 Å². The monoisotopic (exact) mass is 404 g/mol. The Balaban J connectivity index is 1.34. The smallest absolute Gasteiger partial charge is 0.209 e. The van der Waals surface area contributed by atoms with Crippen LogP contribution in [0.25, 0.3) is 33.7 Å². The van der Waals surface area contributed by atoms with Gasteiger partial charge >= 0.3 is 0 Å². The molecule has 144 valence electrons. The summed E-state index contributed by atoms with van der Waals surface area (Å²) < 4.78 is 11.3. The summed E-state index contributed by atoms with van der Waals surface area (Å²) >= 11 is 1.48. The van der Waals surface area contributed by atoms with Crippen molar-refractivity contribution in [1.29, 1.82) is 0 Å². The average Bonchev–Trinajstić information content (AvgIpc) is 3.52. The molecule has 0 unspecified atom stereocenters. The second-order valence-corrected chi connectivity index (χ2v) is 7.34. The van der Waals surface area contributed by atoms with Gasteiger partial charge in [0.1, 0.15) is 18.1 Å². The Labute approximate surface area is 170 Å². The van der Waals surface area contributed by atoms with Crippen molar-refractivity contribution in [2.45, 2.75) is 5.16 Å². The number of aromatic amines is 1. The Kier molecular flexibility index (Phi) is 4.57. The predicted molar refractivity (Wildman–Crippen MR) is 111 cm³/mol. The second-order valence-electron chi connectivity index (χ2n) is 6.40. The van der Waals surface area contributed by atoms with E-state index in [1.54, 1.807) is 7.11 Å². The molecule has 0 amide bonds. The third-order valence-corrected chi connectivity index (χ3v) is 5.43. The van der Waals surface area contributed by atoms with Crippen LogP contribution < -0.4 is 4.74 Å². The molecule has 9 heteroatoms. The van der Waals surface area contributed by atoms with Crippen LogP contribution in [0.5, 0.6) is 5.75 Å². The van der Waals surface area contributed by atoms with Crippen LogP contribution in [0, 0.1) is 0 Å². The molecule has 0 aliphatic carbocycles. The lowest BCUT2D eigenvalue weighted by atomic mass is 10.1. The maximum Gasteiger partial charge on any atom is 0.209 e. The van der Waals surface area contributed by atoms with Crippen molar-refractivity contribution in [2.24, 2.45) is 15.4 Å². The highest BCUT2D eigenvalue weighted by Gasteiger charge is 2.13. The van der Waals surface area contributed by atoms with Crippen LogP contribution >= 0.6 is 11.8 Å². The molecule has 1 aliphatic rings. The van der Waals surface area contributed by atoms with Gasteiger partial charge in [-0.3, -0.25) is 5.10 Å². The quantitative estimate of drug-likeness (QED) is 0.465. The van der Waals surface area contributed by atoms with Crippen LogP contribution in [0.3, 0.4) is 0 Å². The fourth-order valence-electron chi connectivity index (χ4n) is 3.01. The number of methoxy groups -OCH3 is 1. The first kappa shape index (κ1) is 17.6. The summed E-state index contributed by atoms with van der Waals surface area (Å²) in [4.78, 5) is 4.49. The number of hydrogen-bond donors (Lipinski definition) is 1. The van der Waals surface area contributed by atoms with E-state index in [2.05, 4.69) is 42.8 Å². The van der Waals surface area contributed by atoms with Gasteiger partial charge in [-0.1, -0.05) is 30.0 Å². The minimum Gasteiger partial charge on any atom is -0.497 e. The van der Waals surface area contributed by atoms with E-state index in [0.29, 0.717) is 29.0 Å². The SMILES string of the molecule is COc1ccc2cc(-c3ccc(-c4nc(SCC5=NN=NC5)n[nH]4)o3)ccc2c1. The van der Waals surface area contributed by atoms with Crippen LogP contribution in [0.1, 0.15) is 0 Å².